The third kappa shape index (κ3) is 3.48. The van der Waals surface area contributed by atoms with Gasteiger partial charge in [0.2, 0.25) is 0 Å². The number of thiophene rings is 1. The topological polar surface area (TPSA) is 56.8 Å². The van der Waals surface area contributed by atoms with Crippen LogP contribution in [0.3, 0.4) is 0 Å². The predicted molar refractivity (Wildman–Crippen MR) is 84.2 cm³/mol. The molecule has 7 heteroatoms. The molecule has 21 heavy (non-hydrogen) atoms. The molecule has 0 aromatic carbocycles. The molecule has 1 aromatic heterocycles. The molecule has 0 unspecified atom stereocenters. The average Bonchev–Trinajstić information content (AvgIpc) is 2.93. The molecule has 2 heterocycles. The summed E-state index contributed by atoms with van der Waals surface area (Å²) in [5, 5.41) is 4.71. The summed E-state index contributed by atoms with van der Waals surface area (Å²) in [6.45, 7) is 9.05. The second-order valence-corrected chi connectivity index (χ2v) is 6.99. The van der Waals surface area contributed by atoms with E-state index in [1.807, 2.05) is 39.1 Å². The summed E-state index contributed by atoms with van der Waals surface area (Å²) in [7, 11) is 1.18. The Bertz CT molecular complexity index is 499. The van der Waals surface area contributed by atoms with Crippen LogP contribution in [0.2, 0.25) is 0 Å². The Labute approximate surface area is 130 Å². The maximum absolute atomic E-state index is 12.0. The smallest absolute Gasteiger partial charge is 0.399 e. The number of ether oxygens (including phenoxy) is 1. The Hall–Kier alpha value is -0.885. The normalized spacial score (nSPS) is 19.8. The summed E-state index contributed by atoms with van der Waals surface area (Å²) in [4.78, 5) is 12.6. The first-order valence-electron chi connectivity index (χ1n) is 6.98. The van der Waals surface area contributed by atoms with E-state index >= 15 is 0 Å². The molecule has 5 nitrogen and oxygen atoms in total. The van der Waals surface area contributed by atoms with E-state index in [0.29, 0.717) is 18.0 Å². The van der Waals surface area contributed by atoms with Crippen LogP contribution in [-0.4, -0.2) is 44.5 Å². The van der Waals surface area contributed by atoms with E-state index in [1.165, 1.54) is 11.3 Å². The van der Waals surface area contributed by atoms with Gasteiger partial charge in [0.05, 0.1) is 22.7 Å². The van der Waals surface area contributed by atoms with Crippen LogP contribution in [0.1, 0.15) is 37.4 Å². The molecular weight excluding hydrogens is 289 g/mol. The van der Waals surface area contributed by atoms with Crippen LogP contribution in [0.5, 0.6) is 0 Å². The van der Waals surface area contributed by atoms with Crippen LogP contribution in [0, 0.1) is 0 Å². The number of hydrogen-bond acceptors (Lipinski definition) is 5. The van der Waals surface area contributed by atoms with Crippen molar-refractivity contribution < 1.29 is 18.8 Å². The number of carbonyl (C=O) groups is 1. The summed E-state index contributed by atoms with van der Waals surface area (Å²) < 4.78 is 16.9. The van der Waals surface area contributed by atoms with Gasteiger partial charge in [-0.05, 0) is 44.6 Å². The molecule has 0 radical (unpaired) electrons. The van der Waals surface area contributed by atoms with E-state index in [1.54, 1.807) is 7.11 Å². The quantitative estimate of drug-likeness (QED) is 0.660. The maximum Gasteiger partial charge on any atom is 0.495 e. The summed E-state index contributed by atoms with van der Waals surface area (Å²) in [5.74, 6) is -0.0974. The fourth-order valence-corrected chi connectivity index (χ4v) is 2.75. The summed E-state index contributed by atoms with van der Waals surface area (Å²) in [6.07, 6.45) is 0. The Morgan fingerprint density at radius 3 is 2.52 bits per heavy atom. The highest BCUT2D eigenvalue weighted by molar-refractivity contribution is 7.13. The monoisotopic (exact) mass is 311 g/mol. The molecule has 1 aliphatic heterocycles. The number of carbonyl (C=O) groups excluding carboxylic acids is 1. The highest BCUT2D eigenvalue weighted by atomic mass is 32.1. The van der Waals surface area contributed by atoms with Crippen molar-refractivity contribution in [2.24, 2.45) is 0 Å². The lowest BCUT2D eigenvalue weighted by Crippen LogP contribution is -2.41. The zero-order valence-electron chi connectivity index (χ0n) is 13.2. The number of amides is 1. The first-order chi connectivity index (χ1) is 9.77. The highest BCUT2D eigenvalue weighted by Gasteiger charge is 2.51. The minimum Gasteiger partial charge on any atom is -0.399 e. The fraction of sp³-hybridized carbons (Fsp3) is 0.643. The van der Waals surface area contributed by atoms with E-state index in [4.69, 9.17) is 14.0 Å². The van der Waals surface area contributed by atoms with Crippen molar-refractivity contribution in [1.82, 2.24) is 5.32 Å². The van der Waals surface area contributed by atoms with Crippen molar-refractivity contribution in [2.75, 3.05) is 20.3 Å². The molecule has 116 valence electrons. The molecule has 1 fully saturated rings. The molecule has 1 saturated heterocycles. The SMILES string of the molecule is COCCNC(=O)c1cc(B2OC(C)(C)C(C)(C)O2)cs1. The molecule has 0 atom stereocenters. The first kappa shape index (κ1) is 16.5. The Morgan fingerprint density at radius 2 is 1.95 bits per heavy atom. The van der Waals surface area contributed by atoms with Gasteiger partial charge in [-0.2, -0.15) is 0 Å². The van der Waals surface area contributed by atoms with Gasteiger partial charge in [-0.15, -0.1) is 11.3 Å². The van der Waals surface area contributed by atoms with Gasteiger partial charge in [0, 0.05) is 13.7 Å². The van der Waals surface area contributed by atoms with Crippen LogP contribution < -0.4 is 10.8 Å². The molecule has 0 saturated carbocycles. The van der Waals surface area contributed by atoms with E-state index in [2.05, 4.69) is 5.32 Å². The first-order valence-corrected chi connectivity index (χ1v) is 7.86. The maximum atomic E-state index is 12.0. The van der Waals surface area contributed by atoms with Crippen LogP contribution in [0.25, 0.3) is 0 Å². The van der Waals surface area contributed by atoms with E-state index in [9.17, 15) is 4.79 Å². The lowest BCUT2D eigenvalue weighted by molar-refractivity contribution is 0.00578. The number of methoxy groups -OCH3 is 1. The average molecular weight is 311 g/mol. The van der Waals surface area contributed by atoms with Gasteiger partial charge in [-0.1, -0.05) is 0 Å². The Kier molecular flexibility index (Phi) is 4.77. The minimum absolute atomic E-state index is 0.0974. The third-order valence-electron chi connectivity index (χ3n) is 3.96. The summed E-state index contributed by atoms with van der Waals surface area (Å²) in [5.41, 5.74) is 0.136. The molecule has 0 aliphatic carbocycles. The van der Waals surface area contributed by atoms with Crippen molar-refractivity contribution in [2.45, 2.75) is 38.9 Å². The van der Waals surface area contributed by atoms with Crippen molar-refractivity contribution in [3.8, 4) is 0 Å². The Balaban J connectivity index is 2.03. The van der Waals surface area contributed by atoms with Gasteiger partial charge < -0.3 is 19.4 Å². The lowest BCUT2D eigenvalue weighted by atomic mass is 9.81. The minimum atomic E-state index is -0.424. The molecule has 2 rings (SSSR count). The van der Waals surface area contributed by atoms with Crippen molar-refractivity contribution >= 4 is 29.8 Å². The zero-order valence-corrected chi connectivity index (χ0v) is 14.0. The van der Waals surface area contributed by atoms with Crippen LogP contribution >= 0.6 is 11.3 Å². The lowest BCUT2D eigenvalue weighted by Gasteiger charge is -2.32. The molecule has 1 amide bonds. The second-order valence-electron chi connectivity index (χ2n) is 6.08. The van der Waals surface area contributed by atoms with E-state index in [0.717, 1.165) is 5.46 Å². The number of rotatable bonds is 5. The second kappa shape index (κ2) is 6.08. The Morgan fingerprint density at radius 1 is 1.33 bits per heavy atom. The zero-order chi connectivity index (χ0) is 15.7. The summed E-state index contributed by atoms with van der Waals surface area (Å²) in [6, 6.07) is 1.83. The van der Waals surface area contributed by atoms with Crippen molar-refractivity contribution in [1.29, 1.82) is 0 Å². The number of hydrogen-bond donors (Lipinski definition) is 1. The van der Waals surface area contributed by atoms with Crippen LogP contribution in [-0.2, 0) is 14.0 Å². The number of nitrogens with one attached hydrogen (secondary N) is 1. The van der Waals surface area contributed by atoms with Crippen LogP contribution in [0.15, 0.2) is 11.4 Å². The van der Waals surface area contributed by atoms with Gasteiger partial charge in [-0.25, -0.2) is 0 Å². The van der Waals surface area contributed by atoms with E-state index in [-0.39, 0.29) is 17.1 Å². The fourth-order valence-electron chi connectivity index (χ4n) is 1.93. The van der Waals surface area contributed by atoms with Gasteiger partial charge in [-0.3, -0.25) is 4.79 Å². The van der Waals surface area contributed by atoms with Gasteiger partial charge in [0.25, 0.3) is 5.91 Å². The van der Waals surface area contributed by atoms with Gasteiger partial charge in [0.15, 0.2) is 0 Å². The van der Waals surface area contributed by atoms with Crippen molar-refractivity contribution in [3.63, 3.8) is 0 Å². The molecule has 1 aliphatic rings. The molecule has 0 spiro atoms. The van der Waals surface area contributed by atoms with Crippen molar-refractivity contribution in [3.05, 3.63) is 16.3 Å². The predicted octanol–water partition coefficient (Wildman–Crippen LogP) is 1.42. The molecular formula is C14H22BNO4S. The van der Waals surface area contributed by atoms with Gasteiger partial charge >= 0.3 is 7.12 Å². The standard InChI is InChI=1S/C14H22BNO4S/c1-13(2)14(3,4)20-15(19-13)10-8-11(21-9-10)12(17)16-6-7-18-5/h8-9H,6-7H2,1-5H3,(H,16,17). The molecule has 1 N–H and O–H groups in total. The molecule has 1 aromatic rings. The molecule has 0 bridgehead atoms. The third-order valence-corrected chi connectivity index (χ3v) is 4.91. The van der Waals surface area contributed by atoms with Gasteiger partial charge in [0.1, 0.15) is 0 Å². The van der Waals surface area contributed by atoms with E-state index < -0.39 is 7.12 Å². The summed E-state index contributed by atoms with van der Waals surface area (Å²) >= 11 is 1.39. The van der Waals surface area contributed by atoms with Crippen LogP contribution in [0.4, 0.5) is 0 Å². The highest BCUT2D eigenvalue weighted by Crippen LogP contribution is 2.36. The largest absolute Gasteiger partial charge is 0.495 e.